The van der Waals surface area contributed by atoms with Gasteiger partial charge >= 0.3 is 0 Å². The number of aromatic amines is 1. The van der Waals surface area contributed by atoms with Gasteiger partial charge in [0.25, 0.3) is 0 Å². The molecule has 22 heavy (non-hydrogen) atoms. The molecule has 0 unspecified atom stereocenters. The molecule has 0 amide bonds. The van der Waals surface area contributed by atoms with Gasteiger partial charge in [0.2, 0.25) is 0 Å². The van der Waals surface area contributed by atoms with E-state index in [1.807, 2.05) is 12.4 Å². The first-order valence-electron chi connectivity index (χ1n) is 7.92. The van der Waals surface area contributed by atoms with E-state index < -0.39 is 0 Å². The molecule has 1 aliphatic heterocycles. The number of H-pyrrole nitrogens is 1. The van der Waals surface area contributed by atoms with E-state index in [1.54, 1.807) is 0 Å². The Kier molecular flexibility index (Phi) is 3.60. The zero-order valence-corrected chi connectivity index (χ0v) is 12.6. The minimum atomic E-state index is 0.730. The number of fused-ring (bicyclic) bond motifs is 1. The summed E-state index contributed by atoms with van der Waals surface area (Å²) >= 11 is 0. The molecule has 1 N–H and O–H groups in total. The average molecular weight is 292 g/mol. The lowest BCUT2D eigenvalue weighted by atomic mass is 9.96. The summed E-state index contributed by atoms with van der Waals surface area (Å²) in [5.74, 6) is 0.730. The summed E-state index contributed by atoms with van der Waals surface area (Å²) in [5.41, 5.74) is 3.74. The molecule has 1 fully saturated rings. The van der Waals surface area contributed by atoms with Crippen molar-refractivity contribution in [3.05, 3.63) is 60.0 Å². The zero-order valence-electron chi connectivity index (χ0n) is 12.6. The fourth-order valence-corrected chi connectivity index (χ4v) is 3.48. The topological polar surface area (TPSA) is 44.8 Å². The van der Waals surface area contributed by atoms with Crippen molar-refractivity contribution in [2.75, 3.05) is 13.1 Å². The van der Waals surface area contributed by atoms with Gasteiger partial charge in [-0.1, -0.05) is 18.2 Å². The molecule has 3 aromatic rings. The average Bonchev–Trinajstić information content (AvgIpc) is 3.20. The number of nitrogens with zero attached hydrogens (tertiary/aromatic N) is 3. The summed E-state index contributed by atoms with van der Waals surface area (Å²) < 4.78 is 0. The molecule has 0 radical (unpaired) electrons. The lowest BCUT2D eigenvalue weighted by molar-refractivity contribution is 0.312. The van der Waals surface area contributed by atoms with Crippen molar-refractivity contribution in [1.82, 2.24) is 20.1 Å². The van der Waals surface area contributed by atoms with E-state index in [0.717, 1.165) is 30.9 Å². The predicted octanol–water partition coefficient (Wildman–Crippen LogP) is 3.02. The molecule has 112 valence electrons. The Hall–Kier alpha value is -2.20. The highest BCUT2D eigenvalue weighted by atomic mass is 15.2. The van der Waals surface area contributed by atoms with Crippen LogP contribution in [0.25, 0.3) is 10.9 Å². The van der Waals surface area contributed by atoms with Crippen LogP contribution in [0.15, 0.2) is 48.8 Å². The molecule has 4 nitrogen and oxygen atoms in total. The van der Waals surface area contributed by atoms with Crippen molar-refractivity contribution < 1.29 is 0 Å². The Morgan fingerprint density at radius 3 is 3.00 bits per heavy atom. The van der Waals surface area contributed by atoms with Crippen LogP contribution in [0.1, 0.15) is 17.7 Å². The highest BCUT2D eigenvalue weighted by Crippen LogP contribution is 2.25. The summed E-state index contributed by atoms with van der Waals surface area (Å²) in [5, 5.41) is 8.38. The van der Waals surface area contributed by atoms with E-state index in [1.165, 1.54) is 29.6 Å². The van der Waals surface area contributed by atoms with Crippen molar-refractivity contribution >= 4 is 10.9 Å². The maximum atomic E-state index is 4.46. The second kappa shape index (κ2) is 5.89. The molecule has 4 rings (SSSR count). The van der Waals surface area contributed by atoms with Gasteiger partial charge < -0.3 is 0 Å². The Labute approximate surface area is 130 Å². The normalized spacial score (nSPS) is 19.0. The molecule has 0 spiro atoms. The quantitative estimate of drug-likeness (QED) is 0.804. The minimum absolute atomic E-state index is 0.730. The van der Waals surface area contributed by atoms with E-state index in [-0.39, 0.29) is 0 Å². The lowest BCUT2D eigenvalue weighted by Gasteiger charge is -2.15. The second-order valence-electron chi connectivity index (χ2n) is 6.16. The molecule has 2 aromatic heterocycles. The molecule has 1 saturated heterocycles. The van der Waals surface area contributed by atoms with Crippen molar-refractivity contribution in [2.45, 2.75) is 19.4 Å². The maximum Gasteiger partial charge on any atom is 0.0704 e. The Morgan fingerprint density at radius 2 is 2.09 bits per heavy atom. The Balaban J connectivity index is 1.45. The van der Waals surface area contributed by atoms with E-state index in [9.17, 15) is 0 Å². The van der Waals surface area contributed by atoms with Crippen LogP contribution in [0, 0.1) is 5.92 Å². The van der Waals surface area contributed by atoms with E-state index in [2.05, 4.69) is 56.5 Å². The molecule has 0 bridgehead atoms. The van der Waals surface area contributed by atoms with E-state index in [0.29, 0.717) is 0 Å². The smallest absolute Gasteiger partial charge is 0.0704 e. The van der Waals surface area contributed by atoms with Gasteiger partial charge in [-0.05, 0) is 49.1 Å². The van der Waals surface area contributed by atoms with Gasteiger partial charge in [-0.3, -0.25) is 15.0 Å². The Bertz CT molecular complexity index is 745. The lowest BCUT2D eigenvalue weighted by Crippen LogP contribution is -2.20. The first-order valence-corrected chi connectivity index (χ1v) is 7.92. The number of nitrogens with one attached hydrogen (secondary N) is 1. The molecule has 0 aliphatic carbocycles. The third-order valence-corrected chi connectivity index (χ3v) is 4.57. The number of para-hydroxylation sites is 1. The summed E-state index contributed by atoms with van der Waals surface area (Å²) in [6, 6.07) is 12.7. The predicted molar refractivity (Wildman–Crippen MR) is 87.4 cm³/mol. The number of pyridine rings is 1. The molecule has 4 heteroatoms. The standard InChI is InChI=1S/C18H20N4/c1-2-4-18-17(3-1)15(5-8-19-18)11-14-7-10-22(12-14)13-16-6-9-20-21-16/h1-6,8-9,14H,7,10-13H2,(H,20,21)/t14-/m0/s1. The molecule has 1 aromatic carbocycles. The first kappa shape index (κ1) is 13.5. The minimum Gasteiger partial charge on any atom is -0.297 e. The van der Waals surface area contributed by atoms with Crippen molar-refractivity contribution in [3.8, 4) is 0 Å². The monoisotopic (exact) mass is 292 g/mol. The van der Waals surface area contributed by atoms with Gasteiger partial charge in [-0.25, -0.2) is 0 Å². The highest BCUT2D eigenvalue weighted by molar-refractivity contribution is 5.81. The summed E-state index contributed by atoms with van der Waals surface area (Å²) in [6.45, 7) is 3.32. The van der Waals surface area contributed by atoms with Gasteiger partial charge in [0, 0.05) is 36.6 Å². The van der Waals surface area contributed by atoms with Crippen LogP contribution >= 0.6 is 0 Å². The molecule has 1 atom stereocenters. The molecule has 0 saturated carbocycles. The van der Waals surface area contributed by atoms with Crippen LogP contribution in [0.2, 0.25) is 0 Å². The van der Waals surface area contributed by atoms with Crippen LogP contribution in [0.3, 0.4) is 0 Å². The number of hydrogen-bond donors (Lipinski definition) is 1. The van der Waals surface area contributed by atoms with Crippen LogP contribution in [-0.4, -0.2) is 33.2 Å². The summed E-state index contributed by atoms with van der Waals surface area (Å²) in [4.78, 5) is 6.98. The first-order chi connectivity index (χ1) is 10.9. The van der Waals surface area contributed by atoms with Gasteiger partial charge in [-0.15, -0.1) is 0 Å². The number of rotatable bonds is 4. The molecular weight excluding hydrogens is 272 g/mol. The number of aromatic nitrogens is 3. The largest absolute Gasteiger partial charge is 0.297 e. The number of benzene rings is 1. The maximum absolute atomic E-state index is 4.46. The molecular formula is C18H20N4. The fraction of sp³-hybridized carbons (Fsp3) is 0.333. The third kappa shape index (κ3) is 2.74. The van der Waals surface area contributed by atoms with Gasteiger partial charge in [0.1, 0.15) is 0 Å². The highest BCUT2D eigenvalue weighted by Gasteiger charge is 2.23. The fourth-order valence-electron chi connectivity index (χ4n) is 3.48. The van der Waals surface area contributed by atoms with Crippen molar-refractivity contribution in [1.29, 1.82) is 0 Å². The van der Waals surface area contributed by atoms with Crippen LogP contribution < -0.4 is 0 Å². The summed E-state index contributed by atoms with van der Waals surface area (Å²) in [6.07, 6.45) is 6.17. The van der Waals surface area contributed by atoms with Gasteiger partial charge in [0.05, 0.1) is 5.52 Å². The summed E-state index contributed by atoms with van der Waals surface area (Å²) in [7, 11) is 0. The SMILES string of the molecule is c1ccc2c(C[C@@H]3CCN(Cc4ccn[nH]4)C3)ccnc2c1. The van der Waals surface area contributed by atoms with Crippen LogP contribution in [-0.2, 0) is 13.0 Å². The van der Waals surface area contributed by atoms with Crippen molar-refractivity contribution in [2.24, 2.45) is 5.92 Å². The molecule has 3 heterocycles. The van der Waals surface area contributed by atoms with Crippen LogP contribution in [0.4, 0.5) is 0 Å². The second-order valence-corrected chi connectivity index (χ2v) is 6.16. The van der Waals surface area contributed by atoms with Crippen LogP contribution in [0.5, 0.6) is 0 Å². The molecule has 1 aliphatic rings. The van der Waals surface area contributed by atoms with Gasteiger partial charge in [0.15, 0.2) is 0 Å². The van der Waals surface area contributed by atoms with Crippen molar-refractivity contribution in [3.63, 3.8) is 0 Å². The zero-order chi connectivity index (χ0) is 14.8. The van der Waals surface area contributed by atoms with Gasteiger partial charge in [-0.2, -0.15) is 5.10 Å². The van der Waals surface area contributed by atoms with E-state index >= 15 is 0 Å². The third-order valence-electron chi connectivity index (χ3n) is 4.57. The Morgan fingerprint density at radius 1 is 1.14 bits per heavy atom. The number of hydrogen-bond acceptors (Lipinski definition) is 3. The van der Waals surface area contributed by atoms with E-state index in [4.69, 9.17) is 0 Å². The number of likely N-dealkylation sites (tertiary alicyclic amines) is 1.